The molecular weight excluding hydrogens is 284 g/mol. The van der Waals surface area contributed by atoms with Crippen LogP contribution < -0.4 is 0 Å². The van der Waals surface area contributed by atoms with Gasteiger partial charge in [0.05, 0.1) is 11.1 Å². The number of amides is 1. The predicted molar refractivity (Wildman–Crippen MR) is 92.5 cm³/mol. The Labute approximate surface area is 137 Å². The molecule has 0 radical (unpaired) electrons. The molecule has 0 bridgehead atoms. The van der Waals surface area contributed by atoms with Crippen LogP contribution in [0.2, 0.25) is 0 Å². The number of fused-ring (bicyclic) bond motifs is 2. The Balaban J connectivity index is 1.74. The Bertz CT molecular complexity index is 737. The van der Waals surface area contributed by atoms with Crippen LogP contribution in [0.5, 0.6) is 0 Å². The van der Waals surface area contributed by atoms with Crippen molar-refractivity contribution in [2.75, 3.05) is 6.54 Å². The lowest BCUT2D eigenvalue weighted by atomic mass is 9.78. The molecule has 2 aromatic rings. The Hall–Kier alpha value is -1.90. The lowest BCUT2D eigenvalue weighted by molar-refractivity contribution is 0.0392. The summed E-state index contributed by atoms with van der Waals surface area (Å²) in [4.78, 5) is 20.1. The topological polar surface area (TPSA) is 33.2 Å². The van der Waals surface area contributed by atoms with E-state index in [4.69, 9.17) is 0 Å². The van der Waals surface area contributed by atoms with Gasteiger partial charge in [-0.1, -0.05) is 31.0 Å². The van der Waals surface area contributed by atoms with Gasteiger partial charge in [0.1, 0.15) is 0 Å². The summed E-state index contributed by atoms with van der Waals surface area (Å²) in [6.07, 6.45) is 7.52. The van der Waals surface area contributed by atoms with E-state index >= 15 is 0 Å². The van der Waals surface area contributed by atoms with Crippen molar-refractivity contribution in [3.05, 3.63) is 41.6 Å². The van der Waals surface area contributed by atoms with Crippen molar-refractivity contribution in [1.82, 2.24) is 9.88 Å². The quantitative estimate of drug-likeness (QED) is 0.785. The average Bonchev–Trinajstić information content (AvgIpc) is 2.60. The van der Waals surface area contributed by atoms with Crippen molar-refractivity contribution in [3.63, 3.8) is 0 Å². The number of likely N-dealkylation sites (tertiary alicyclic amines) is 1. The fraction of sp³-hybridized carbons (Fsp3) is 0.500. The van der Waals surface area contributed by atoms with Crippen molar-refractivity contribution in [2.24, 2.45) is 5.92 Å². The molecule has 4 rings (SSSR count). The van der Waals surface area contributed by atoms with E-state index in [0.29, 0.717) is 6.04 Å². The Morgan fingerprint density at radius 1 is 1.13 bits per heavy atom. The van der Waals surface area contributed by atoms with Gasteiger partial charge < -0.3 is 4.90 Å². The molecule has 2 aliphatic rings. The van der Waals surface area contributed by atoms with Crippen LogP contribution in [-0.2, 0) is 0 Å². The molecule has 1 aromatic carbocycles. The normalized spacial score (nSPS) is 24.5. The van der Waals surface area contributed by atoms with Crippen LogP contribution in [0.25, 0.3) is 10.9 Å². The number of hydrogen-bond donors (Lipinski definition) is 0. The largest absolute Gasteiger partial charge is 0.335 e. The molecule has 1 aliphatic carbocycles. The number of aromatic nitrogens is 1. The van der Waals surface area contributed by atoms with Gasteiger partial charge in [-0.3, -0.25) is 9.78 Å². The highest BCUT2D eigenvalue weighted by Gasteiger charge is 2.36. The molecule has 2 atom stereocenters. The van der Waals surface area contributed by atoms with E-state index in [2.05, 4.69) is 9.88 Å². The van der Waals surface area contributed by atoms with E-state index in [0.717, 1.165) is 41.0 Å². The van der Waals surface area contributed by atoms with E-state index in [9.17, 15) is 4.79 Å². The van der Waals surface area contributed by atoms with Gasteiger partial charge in [0.25, 0.3) is 5.91 Å². The van der Waals surface area contributed by atoms with Gasteiger partial charge in [-0.15, -0.1) is 0 Å². The number of aryl methyl sites for hydroxylation is 1. The summed E-state index contributed by atoms with van der Waals surface area (Å²) in [5, 5.41) is 0.987. The summed E-state index contributed by atoms with van der Waals surface area (Å²) < 4.78 is 0. The maximum Gasteiger partial charge on any atom is 0.254 e. The molecule has 1 saturated heterocycles. The Kier molecular flexibility index (Phi) is 3.80. The molecule has 2 heterocycles. The molecule has 3 nitrogen and oxygen atoms in total. The molecule has 2 fully saturated rings. The van der Waals surface area contributed by atoms with Crippen LogP contribution in [0.3, 0.4) is 0 Å². The maximum absolute atomic E-state index is 13.3. The van der Waals surface area contributed by atoms with Crippen LogP contribution in [0, 0.1) is 12.8 Å². The van der Waals surface area contributed by atoms with Gasteiger partial charge in [-0.25, -0.2) is 0 Å². The zero-order chi connectivity index (χ0) is 15.8. The lowest BCUT2D eigenvalue weighted by Crippen LogP contribution is -2.49. The van der Waals surface area contributed by atoms with Crippen molar-refractivity contribution in [2.45, 2.75) is 51.5 Å². The summed E-state index contributed by atoms with van der Waals surface area (Å²) >= 11 is 0. The first-order valence-corrected chi connectivity index (χ1v) is 8.91. The van der Waals surface area contributed by atoms with Crippen molar-refractivity contribution in [1.29, 1.82) is 0 Å². The van der Waals surface area contributed by atoms with Gasteiger partial charge >= 0.3 is 0 Å². The fourth-order valence-electron chi connectivity index (χ4n) is 4.52. The summed E-state index contributed by atoms with van der Waals surface area (Å²) in [7, 11) is 0. The van der Waals surface area contributed by atoms with E-state index in [1.807, 2.05) is 37.3 Å². The van der Waals surface area contributed by atoms with Gasteiger partial charge in [0.2, 0.25) is 0 Å². The first-order valence-electron chi connectivity index (χ1n) is 8.91. The Morgan fingerprint density at radius 3 is 2.83 bits per heavy atom. The van der Waals surface area contributed by atoms with Gasteiger partial charge in [-0.05, 0) is 50.7 Å². The minimum atomic E-state index is 0.211. The van der Waals surface area contributed by atoms with Crippen LogP contribution in [0.4, 0.5) is 0 Å². The zero-order valence-corrected chi connectivity index (χ0v) is 13.8. The van der Waals surface area contributed by atoms with E-state index in [-0.39, 0.29) is 5.91 Å². The number of nitrogens with zero attached hydrogens (tertiary/aromatic N) is 2. The van der Waals surface area contributed by atoms with Crippen LogP contribution in [-0.4, -0.2) is 28.4 Å². The van der Waals surface area contributed by atoms with Crippen LogP contribution in [0.15, 0.2) is 30.3 Å². The highest BCUT2D eigenvalue weighted by molar-refractivity contribution is 6.06. The first kappa shape index (κ1) is 14.7. The fourth-order valence-corrected chi connectivity index (χ4v) is 4.52. The second-order valence-electron chi connectivity index (χ2n) is 7.08. The molecule has 1 amide bonds. The highest BCUT2D eigenvalue weighted by Crippen LogP contribution is 2.36. The van der Waals surface area contributed by atoms with Crippen molar-refractivity contribution < 1.29 is 4.79 Å². The second-order valence-corrected chi connectivity index (χ2v) is 7.08. The molecule has 23 heavy (non-hydrogen) atoms. The van der Waals surface area contributed by atoms with E-state index < -0.39 is 0 Å². The molecule has 1 saturated carbocycles. The number of piperidine rings is 1. The molecular formula is C20H24N2O. The molecule has 120 valence electrons. The number of benzene rings is 1. The smallest absolute Gasteiger partial charge is 0.254 e. The van der Waals surface area contributed by atoms with Gasteiger partial charge in [0.15, 0.2) is 0 Å². The van der Waals surface area contributed by atoms with E-state index in [1.165, 1.54) is 32.1 Å². The number of para-hydroxylation sites is 1. The first-order chi connectivity index (χ1) is 11.2. The molecule has 0 unspecified atom stereocenters. The lowest BCUT2D eigenvalue weighted by Gasteiger charge is -2.44. The molecule has 0 N–H and O–H groups in total. The standard InChI is InChI=1S/C20H24N2O/c1-14-13-17(16-9-3-4-10-18(16)21-14)20(23)22-12-6-8-15-7-2-5-11-19(15)22/h3-4,9-10,13,15,19H,2,5-8,11-12H2,1H3/t15-,19+/m1/s1. The molecule has 1 aliphatic heterocycles. The summed E-state index contributed by atoms with van der Waals surface area (Å²) in [6, 6.07) is 10.4. The van der Waals surface area contributed by atoms with Crippen molar-refractivity contribution >= 4 is 16.8 Å². The summed E-state index contributed by atoms with van der Waals surface area (Å²) in [5.74, 6) is 0.930. The SMILES string of the molecule is Cc1cc(C(=O)N2CCC[C@H]3CCCC[C@@H]32)c2ccccc2n1. The minimum Gasteiger partial charge on any atom is -0.335 e. The third kappa shape index (κ3) is 2.62. The Morgan fingerprint density at radius 2 is 1.91 bits per heavy atom. The second kappa shape index (κ2) is 5.95. The number of pyridine rings is 1. The molecule has 3 heteroatoms. The number of hydrogen-bond acceptors (Lipinski definition) is 2. The van der Waals surface area contributed by atoms with Crippen LogP contribution >= 0.6 is 0 Å². The molecule has 1 aromatic heterocycles. The number of rotatable bonds is 1. The van der Waals surface area contributed by atoms with Crippen LogP contribution in [0.1, 0.15) is 54.6 Å². The summed E-state index contributed by atoms with van der Waals surface area (Å²) in [6.45, 7) is 2.89. The average molecular weight is 308 g/mol. The number of carbonyl (C=O) groups excluding carboxylic acids is 1. The highest BCUT2D eigenvalue weighted by atomic mass is 16.2. The van der Waals surface area contributed by atoms with Gasteiger partial charge in [-0.2, -0.15) is 0 Å². The van der Waals surface area contributed by atoms with Crippen molar-refractivity contribution in [3.8, 4) is 0 Å². The third-order valence-electron chi connectivity index (χ3n) is 5.58. The molecule has 0 spiro atoms. The maximum atomic E-state index is 13.3. The third-order valence-corrected chi connectivity index (χ3v) is 5.58. The predicted octanol–water partition coefficient (Wildman–Crippen LogP) is 4.34. The summed E-state index contributed by atoms with van der Waals surface area (Å²) in [5.41, 5.74) is 2.68. The van der Waals surface area contributed by atoms with E-state index in [1.54, 1.807) is 0 Å². The monoisotopic (exact) mass is 308 g/mol. The minimum absolute atomic E-state index is 0.211. The van der Waals surface area contributed by atoms with Gasteiger partial charge in [0, 0.05) is 23.7 Å². The zero-order valence-electron chi connectivity index (χ0n) is 13.8. The number of carbonyl (C=O) groups is 1.